The zero-order valence-electron chi connectivity index (χ0n) is 14.3. The molecule has 2 aliphatic heterocycles. The highest BCUT2D eigenvalue weighted by Crippen LogP contribution is 2.54. The first-order valence-electron chi connectivity index (χ1n) is 8.96. The third kappa shape index (κ3) is 2.56. The Hall–Kier alpha value is -2.50. The fourth-order valence-electron chi connectivity index (χ4n) is 3.80. The molecule has 4 bridgehead atoms. The molecule has 2 saturated carbocycles. The second-order valence-corrected chi connectivity index (χ2v) is 7.76. The molecule has 128 valence electrons. The number of rotatable bonds is 1. The highest BCUT2D eigenvalue weighted by Gasteiger charge is 2.51. The SMILES string of the molecule is CC(=O)N/C1=C/C=C\C2=C\CC3(CC3)c3nc(nc(n3)C3(CC3)C1)N2. The van der Waals surface area contributed by atoms with Crippen molar-refractivity contribution in [3.63, 3.8) is 0 Å². The molecule has 2 N–H and O–H groups in total. The van der Waals surface area contributed by atoms with E-state index in [2.05, 4.69) is 16.7 Å². The van der Waals surface area contributed by atoms with E-state index in [-0.39, 0.29) is 16.7 Å². The fraction of sp³-hybridized carbons (Fsp3) is 0.474. The molecule has 1 aromatic heterocycles. The van der Waals surface area contributed by atoms with Gasteiger partial charge < -0.3 is 10.6 Å². The Kier molecular flexibility index (Phi) is 2.96. The smallest absolute Gasteiger partial charge is 0.230 e. The molecule has 2 aliphatic carbocycles. The Morgan fingerprint density at radius 3 is 2.52 bits per heavy atom. The van der Waals surface area contributed by atoms with Gasteiger partial charge in [-0.15, -0.1) is 0 Å². The molecule has 0 atom stereocenters. The number of nitrogens with zero attached hydrogens (tertiary/aromatic N) is 3. The summed E-state index contributed by atoms with van der Waals surface area (Å²) in [4.78, 5) is 25.9. The van der Waals surface area contributed by atoms with E-state index in [9.17, 15) is 4.79 Å². The Labute approximate surface area is 146 Å². The lowest BCUT2D eigenvalue weighted by Crippen LogP contribution is -2.25. The first-order chi connectivity index (χ1) is 12.1. The van der Waals surface area contributed by atoms with Gasteiger partial charge in [-0.05, 0) is 44.3 Å². The topological polar surface area (TPSA) is 79.8 Å². The zero-order chi connectivity index (χ0) is 17.1. The molecule has 6 heteroatoms. The fourth-order valence-corrected chi connectivity index (χ4v) is 3.80. The van der Waals surface area contributed by atoms with Gasteiger partial charge in [-0.1, -0.05) is 12.2 Å². The minimum atomic E-state index is -0.0697. The summed E-state index contributed by atoms with van der Waals surface area (Å²) < 4.78 is 0. The van der Waals surface area contributed by atoms with Gasteiger partial charge in [0.15, 0.2) is 0 Å². The molecule has 6 nitrogen and oxygen atoms in total. The van der Waals surface area contributed by atoms with Crippen LogP contribution in [0.2, 0.25) is 0 Å². The largest absolute Gasteiger partial charge is 0.330 e. The predicted octanol–water partition coefficient (Wildman–Crippen LogP) is 2.61. The molecule has 1 aromatic rings. The average Bonchev–Trinajstić information content (AvgIpc) is 3.46. The van der Waals surface area contributed by atoms with Crippen LogP contribution in [0.4, 0.5) is 5.95 Å². The van der Waals surface area contributed by atoms with Gasteiger partial charge in [0.2, 0.25) is 11.9 Å². The first kappa shape index (κ1) is 14.8. The predicted molar refractivity (Wildman–Crippen MR) is 93.6 cm³/mol. The number of carbonyl (C=O) groups is 1. The van der Waals surface area contributed by atoms with Gasteiger partial charge in [-0.2, -0.15) is 9.97 Å². The number of anilines is 1. The summed E-state index contributed by atoms with van der Waals surface area (Å²) in [7, 11) is 0. The van der Waals surface area contributed by atoms with E-state index >= 15 is 0 Å². The molecule has 4 aliphatic rings. The van der Waals surface area contributed by atoms with Crippen LogP contribution in [0.25, 0.3) is 0 Å². The standard InChI is InChI=1S/C19H21N5O/c1-12(25)20-14-4-2-3-13-5-6-18(7-8-18)15-22-16(19(11-14)9-10-19)24-17(21-13)23-15/h2-5H,6-11H2,1H3,(H,20,25)(H,21,22,23,24)/b3-2-,13-5-,14-4+. The van der Waals surface area contributed by atoms with Gasteiger partial charge in [-0.25, -0.2) is 4.98 Å². The second kappa shape index (κ2) is 5.00. The maximum Gasteiger partial charge on any atom is 0.230 e. The van der Waals surface area contributed by atoms with Crippen molar-refractivity contribution in [2.24, 2.45) is 0 Å². The van der Waals surface area contributed by atoms with E-state index in [0.717, 1.165) is 61.6 Å². The Morgan fingerprint density at radius 1 is 1.12 bits per heavy atom. The first-order valence-corrected chi connectivity index (χ1v) is 8.96. The number of nitrogens with one attached hydrogen (secondary N) is 2. The van der Waals surface area contributed by atoms with Gasteiger partial charge in [0.25, 0.3) is 0 Å². The second-order valence-electron chi connectivity index (χ2n) is 7.76. The van der Waals surface area contributed by atoms with Crippen LogP contribution in [-0.2, 0) is 15.6 Å². The minimum Gasteiger partial charge on any atom is -0.330 e. The van der Waals surface area contributed by atoms with Crippen LogP contribution in [0.5, 0.6) is 0 Å². The number of amides is 1. The van der Waals surface area contributed by atoms with Crippen LogP contribution in [-0.4, -0.2) is 20.9 Å². The summed E-state index contributed by atoms with van der Waals surface area (Å²) in [6.07, 6.45) is 14.3. The molecule has 5 rings (SSSR count). The Morgan fingerprint density at radius 2 is 1.84 bits per heavy atom. The van der Waals surface area contributed by atoms with E-state index in [4.69, 9.17) is 15.0 Å². The number of allylic oxidation sites excluding steroid dienone is 5. The molecule has 1 amide bonds. The van der Waals surface area contributed by atoms with E-state index in [1.165, 1.54) is 0 Å². The van der Waals surface area contributed by atoms with Gasteiger partial charge >= 0.3 is 0 Å². The quantitative estimate of drug-likeness (QED) is 0.825. The number of carbonyl (C=O) groups excluding carboxylic acids is 1. The summed E-state index contributed by atoms with van der Waals surface area (Å²) >= 11 is 0. The lowest BCUT2D eigenvalue weighted by atomic mass is 9.97. The van der Waals surface area contributed by atoms with Crippen LogP contribution in [0.1, 0.15) is 57.1 Å². The highest BCUT2D eigenvalue weighted by molar-refractivity contribution is 5.75. The van der Waals surface area contributed by atoms with Crippen molar-refractivity contribution in [2.75, 3.05) is 5.32 Å². The number of hydrogen-bond donors (Lipinski definition) is 2. The van der Waals surface area contributed by atoms with Crippen LogP contribution in [0.3, 0.4) is 0 Å². The van der Waals surface area contributed by atoms with E-state index in [0.29, 0.717) is 5.95 Å². The van der Waals surface area contributed by atoms with Crippen molar-refractivity contribution >= 4 is 11.9 Å². The third-order valence-corrected chi connectivity index (χ3v) is 5.70. The molecule has 3 heterocycles. The zero-order valence-corrected chi connectivity index (χ0v) is 14.3. The molecule has 0 aromatic carbocycles. The molecule has 0 saturated heterocycles. The maximum absolute atomic E-state index is 11.6. The monoisotopic (exact) mass is 335 g/mol. The molecular formula is C19H21N5O. The van der Waals surface area contributed by atoms with Crippen molar-refractivity contribution in [1.29, 1.82) is 0 Å². The summed E-state index contributed by atoms with van der Waals surface area (Å²) in [6.45, 7) is 1.55. The average molecular weight is 335 g/mol. The van der Waals surface area contributed by atoms with Crippen molar-refractivity contribution in [3.05, 3.63) is 47.3 Å². The number of hydrogen-bond acceptors (Lipinski definition) is 5. The van der Waals surface area contributed by atoms with Crippen LogP contribution < -0.4 is 10.6 Å². The maximum atomic E-state index is 11.6. The molecule has 2 spiro atoms. The summed E-state index contributed by atoms with van der Waals surface area (Å²) in [5, 5.41) is 6.31. The van der Waals surface area contributed by atoms with Gasteiger partial charge in [0, 0.05) is 35.6 Å². The van der Waals surface area contributed by atoms with Gasteiger partial charge in [0.1, 0.15) is 11.6 Å². The van der Waals surface area contributed by atoms with E-state index in [1.54, 1.807) is 6.92 Å². The van der Waals surface area contributed by atoms with Crippen molar-refractivity contribution in [3.8, 4) is 0 Å². The molecule has 2 fully saturated rings. The Balaban J connectivity index is 1.65. The summed E-state index contributed by atoms with van der Waals surface area (Å²) in [6, 6.07) is 0. The lowest BCUT2D eigenvalue weighted by molar-refractivity contribution is -0.118. The van der Waals surface area contributed by atoms with E-state index < -0.39 is 0 Å². The van der Waals surface area contributed by atoms with Crippen LogP contribution >= 0.6 is 0 Å². The van der Waals surface area contributed by atoms with Crippen LogP contribution in [0, 0.1) is 0 Å². The highest BCUT2D eigenvalue weighted by atomic mass is 16.1. The molecule has 0 unspecified atom stereocenters. The van der Waals surface area contributed by atoms with Gasteiger partial charge in [0.05, 0.1) is 0 Å². The molecule has 25 heavy (non-hydrogen) atoms. The molecular weight excluding hydrogens is 314 g/mol. The van der Waals surface area contributed by atoms with Gasteiger partial charge in [-0.3, -0.25) is 4.79 Å². The van der Waals surface area contributed by atoms with E-state index in [1.807, 2.05) is 18.2 Å². The van der Waals surface area contributed by atoms with Crippen molar-refractivity contribution < 1.29 is 4.79 Å². The third-order valence-electron chi connectivity index (χ3n) is 5.70. The minimum absolute atomic E-state index is 0.0440. The number of fused-ring (bicyclic) bond motifs is 5. The summed E-state index contributed by atoms with van der Waals surface area (Å²) in [5.74, 6) is 2.43. The summed E-state index contributed by atoms with van der Waals surface area (Å²) in [5.41, 5.74) is 1.96. The lowest BCUT2D eigenvalue weighted by Gasteiger charge is -2.21. The number of aromatic nitrogens is 3. The normalized spacial score (nSPS) is 29.3. The Bertz CT molecular complexity index is 859. The molecule has 0 radical (unpaired) electrons. The van der Waals surface area contributed by atoms with Crippen molar-refractivity contribution in [2.45, 2.75) is 56.3 Å². The van der Waals surface area contributed by atoms with Crippen molar-refractivity contribution in [1.82, 2.24) is 20.3 Å². The van der Waals surface area contributed by atoms with Crippen LogP contribution in [0.15, 0.2) is 35.7 Å².